The van der Waals surface area contributed by atoms with Crippen LogP contribution in [0.1, 0.15) is 57.2 Å². The Kier molecular flexibility index (Phi) is 5.54. The molecule has 1 N–H and O–H groups in total. The lowest BCUT2D eigenvalue weighted by molar-refractivity contribution is 0.0376. The predicted octanol–water partition coefficient (Wildman–Crippen LogP) is 2.87. The third-order valence-corrected chi connectivity index (χ3v) is 4.40. The van der Waals surface area contributed by atoms with Crippen LogP contribution >= 0.6 is 0 Å². The molecule has 3 heterocycles. The van der Waals surface area contributed by atoms with E-state index in [1.165, 1.54) is 10.5 Å². The fourth-order valence-electron chi connectivity index (χ4n) is 3.08. The van der Waals surface area contributed by atoms with Crippen molar-refractivity contribution in [3.8, 4) is 0 Å². The fraction of sp³-hybridized carbons (Fsp3) is 0.333. The van der Waals surface area contributed by atoms with Gasteiger partial charge in [0.1, 0.15) is 17.9 Å². The zero-order valence-electron chi connectivity index (χ0n) is 17.0. The molecule has 29 heavy (non-hydrogen) atoms. The summed E-state index contributed by atoms with van der Waals surface area (Å²) in [5, 5.41) is 0. The molecule has 8 heteroatoms. The highest BCUT2D eigenvalue weighted by Crippen LogP contribution is 2.20. The molecule has 0 bridgehead atoms. The minimum Gasteiger partial charge on any atom is -0.459 e. The first-order valence-electron chi connectivity index (χ1n) is 9.23. The highest BCUT2D eigenvalue weighted by Gasteiger charge is 2.24. The Morgan fingerprint density at radius 3 is 2.59 bits per heavy atom. The molecule has 0 saturated heterocycles. The summed E-state index contributed by atoms with van der Waals surface area (Å²) < 4.78 is 12.0. The first kappa shape index (κ1) is 20.3. The molecule has 0 saturated carbocycles. The molecule has 0 aliphatic rings. The Balaban J connectivity index is 1.80. The Labute approximate surface area is 167 Å². The van der Waals surface area contributed by atoms with Crippen molar-refractivity contribution < 1.29 is 19.1 Å². The Bertz CT molecular complexity index is 1160. The van der Waals surface area contributed by atoms with Crippen LogP contribution in [0.15, 0.2) is 29.2 Å². The number of pyridine rings is 1. The highest BCUT2D eigenvalue weighted by atomic mass is 16.5. The van der Waals surface area contributed by atoms with E-state index in [9.17, 15) is 14.4 Å². The Morgan fingerprint density at radius 2 is 1.90 bits per heavy atom. The average molecular weight is 397 g/mol. The lowest BCUT2D eigenvalue weighted by Crippen LogP contribution is -2.17. The number of aromatic amines is 1. The number of hydrogen-bond donors (Lipinski definition) is 1. The maximum Gasteiger partial charge on any atom is 0.355 e. The first-order chi connectivity index (χ1) is 13.7. The van der Waals surface area contributed by atoms with Crippen LogP contribution in [-0.4, -0.2) is 32.4 Å². The minimum atomic E-state index is -0.639. The number of esters is 2. The number of hydrogen-bond acceptors (Lipinski definition) is 6. The van der Waals surface area contributed by atoms with E-state index >= 15 is 0 Å². The van der Waals surface area contributed by atoms with Gasteiger partial charge in [0.15, 0.2) is 0 Å². The number of carbonyl (C=O) groups is 2. The Hall–Kier alpha value is -3.42. The Morgan fingerprint density at radius 1 is 1.17 bits per heavy atom. The van der Waals surface area contributed by atoms with Crippen molar-refractivity contribution in [3.05, 3.63) is 68.5 Å². The maximum absolute atomic E-state index is 12.5. The normalized spacial score (nSPS) is 11.1. The van der Waals surface area contributed by atoms with Crippen LogP contribution in [0.5, 0.6) is 0 Å². The molecule has 3 aromatic heterocycles. The molecule has 0 aromatic carbocycles. The molecule has 8 nitrogen and oxygen atoms in total. The van der Waals surface area contributed by atoms with Crippen molar-refractivity contribution in [2.45, 2.75) is 47.3 Å². The number of aryl methyl sites for hydroxylation is 2. The quantitative estimate of drug-likeness (QED) is 0.664. The molecule has 0 unspecified atom stereocenters. The van der Waals surface area contributed by atoms with Crippen molar-refractivity contribution in [1.82, 2.24) is 14.4 Å². The van der Waals surface area contributed by atoms with E-state index in [0.717, 1.165) is 5.56 Å². The fourth-order valence-corrected chi connectivity index (χ4v) is 3.08. The molecule has 0 radical (unpaired) electrons. The van der Waals surface area contributed by atoms with Crippen LogP contribution in [0, 0.1) is 20.8 Å². The molecule has 0 aliphatic heterocycles. The standard InChI is InChI=1S/C21H23N3O5/c1-11(2)29-20(26)18-13(4)19(22-14(18)5)21(27)28-10-15-8-17(25)24-9-12(3)6-7-16(24)23-15/h6-9,11,22H,10H2,1-5H3. The second kappa shape index (κ2) is 7.90. The van der Waals surface area contributed by atoms with E-state index in [2.05, 4.69) is 9.97 Å². The van der Waals surface area contributed by atoms with Gasteiger partial charge in [-0.1, -0.05) is 6.07 Å². The second-order valence-electron chi connectivity index (χ2n) is 7.18. The predicted molar refractivity (Wildman–Crippen MR) is 106 cm³/mol. The van der Waals surface area contributed by atoms with Crippen LogP contribution in [-0.2, 0) is 16.1 Å². The summed E-state index contributed by atoms with van der Waals surface area (Å²) in [5.74, 6) is -1.13. The van der Waals surface area contributed by atoms with Crippen molar-refractivity contribution in [1.29, 1.82) is 0 Å². The third-order valence-electron chi connectivity index (χ3n) is 4.40. The number of ether oxygens (including phenoxy) is 2. The van der Waals surface area contributed by atoms with Crippen LogP contribution in [0.25, 0.3) is 5.65 Å². The van der Waals surface area contributed by atoms with Gasteiger partial charge in [0.2, 0.25) is 0 Å². The molecule has 0 aliphatic carbocycles. The average Bonchev–Trinajstić information content (AvgIpc) is 2.94. The van der Waals surface area contributed by atoms with Gasteiger partial charge in [-0.2, -0.15) is 0 Å². The van der Waals surface area contributed by atoms with Crippen molar-refractivity contribution >= 4 is 17.6 Å². The number of rotatable bonds is 5. The van der Waals surface area contributed by atoms with Crippen LogP contribution in [0.2, 0.25) is 0 Å². The topological polar surface area (TPSA) is 103 Å². The van der Waals surface area contributed by atoms with E-state index in [4.69, 9.17) is 9.47 Å². The van der Waals surface area contributed by atoms with Crippen molar-refractivity contribution in [2.24, 2.45) is 0 Å². The number of aromatic nitrogens is 3. The minimum absolute atomic E-state index is 0.165. The summed E-state index contributed by atoms with van der Waals surface area (Å²) in [5.41, 5.74) is 2.97. The van der Waals surface area contributed by atoms with E-state index in [1.54, 1.807) is 40.0 Å². The van der Waals surface area contributed by atoms with E-state index in [1.807, 2.05) is 13.0 Å². The van der Waals surface area contributed by atoms with E-state index in [-0.39, 0.29) is 24.0 Å². The molecule has 0 spiro atoms. The van der Waals surface area contributed by atoms with Gasteiger partial charge in [0, 0.05) is 18.0 Å². The van der Waals surface area contributed by atoms with Crippen molar-refractivity contribution in [3.63, 3.8) is 0 Å². The lowest BCUT2D eigenvalue weighted by Gasteiger charge is -2.08. The monoisotopic (exact) mass is 397 g/mol. The van der Waals surface area contributed by atoms with Gasteiger partial charge in [-0.25, -0.2) is 14.6 Å². The smallest absolute Gasteiger partial charge is 0.355 e. The highest BCUT2D eigenvalue weighted by molar-refractivity contribution is 5.98. The second-order valence-corrected chi connectivity index (χ2v) is 7.18. The third kappa shape index (κ3) is 4.21. The summed E-state index contributed by atoms with van der Waals surface area (Å²) in [6.07, 6.45) is 1.43. The number of fused-ring (bicyclic) bond motifs is 1. The molecule has 152 valence electrons. The zero-order chi connectivity index (χ0) is 21.3. The van der Waals surface area contributed by atoms with Gasteiger partial charge >= 0.3 is 11.9 Å². The van der Waals surface area contributed by atoms with Crippen LogP contribution in [0.4, 0.5) is 0 Å². The van der Waals surface area contributed by atoms with Gasteiger partial charge in [-0.05, 0) is 51.8 Å². The summed E-state index contributed by atoms with van der Waals surface area (Å²) in [7, 11) is 0. The number of nitrogens with zero attached hydrogens (tertiary/aromatic N) is 2. The van der Waals surface area contributed by atoms with Gasteiger partial charge in [0.05, 0.1) is 17.4 Å². The molecular formula is C21H23N3O5. The molecule has 3 rings (SSSR count). The van der Waals surface area contributed by atoms with Crippen molar-refractivity contribution in [2.75, 3.05) is 0 Å². The van der Waals surface area contributed by atoms with E-state index < -0.39 is 11.9 Å². The van der Waals surface area contributed by atoms with Gasteiger partial charge in [-0.3, -0.25) is 9.20 Å². The largest absolute Gasteiger partial charge is 0.459 e. The number of nitrogens with one attached hydrogen (secondary N) is 1. The summed E-state index contributed by atoms with van der Waals surface area (Å²) in [4.78, 5) is 44.3. The van der Waals surface area contributed by atoms with Crippen LogP contribution in [0.3, 0.4) is 0 Å². The summed E-state index contributed by atoms with van der Waals surface area (Å²) >= 11 is 0. The lowest BCUT2D eigenvalue weighted by atomic mass is 10.1. The maximum atomic E-state index is 12.5. The van der Waals surface area contributed by atoms with Gasteiger partial charge in [0.25, 0.3) is 5.56 Å². The molecule has 0 amide bonds. The van der Waals surface area contributed by atoms with Gasteiger partial charge in [-0.15, -0.1) is 0 Å². The number of H-pyrrole nitrogens is 1. The first-order valence-corrected chi connectivity index (χ1v) is 9.23. The molecule has 0 atom stereocenters. The molecular weight excluding hydrogens is 374 g/mol. The summed E-state index contributed by atoms with van der Waals surface area (Å²) in [6.45, 7) is 8.57. The van der Waals surface area contributed by atoms with Gasteiger partial charge < -0.3 is 14.5 Å². The molecule has 0 fully saturated rings. The molecule has 3 aromatic rings. The van der Waals surface area contributed by atoms with E-state index in [0.29, 0.717) is 28.2 Å². The van der Waals surface area contributed by atoms with Crippen LogP contribution < -0.4 is 5.56 Å². The number of carbonyl (C=O) groups excluding carboxylic acids is 2. The zero-order valence-corrected chi connectivity index (χ0v) is 17.0. The summed E-state index contributed by atoms with van der Waals surface area (Å²) in [6, 6.07) is 4.91. The SMILES string of the molecule is Cc1ccc2nc(COC(=O)c3[nH]c(C)c(C(=O)OC(C)C)c3C)cc(=O)n2c1.